The average molecular weight is 372 g/mol. The van der Waals surface area contributed by atoms with Crippen LogP contribution in [0.4, 0.5) is 4.79 Å². The number of carboxylic acids is 1. The molecule has 0 aromatic rings. The molecule has 0 aromatic heterocycles. The zero-order valence-electron chi connectivity index (χ0n) is 14.3. The molecule has 4 atom stereocenters. The maximum absolute atomic E-state index is 11.9. The number of amides is 3. The minimum absolute atomic E-state index is 0.0889. The summed E-state index contributed by atoms with van der Waals surface area (Å²) in [7, 11) is 0. The summed E-state index contributed by atoms with van der Waals surface area (Å²) < 4.78 is 0. The molecule has 6 N–H and O–H groups in total. The number of nitrogens with one attached hydrogen (secondary N) is 3. The minimum atomic E-state index is -0.997. The number of aliphatic carboxylic acids is 1. The Labute approximate surface area is 152 Å². The molecule has 2 fully saturated rings. The molecule has 9 heteroatoms. The lowest BCUT2D eigenvalue weighted by atomic mass is 10.0. The van der Waals surface area contributed by atoms with Gasteiger partial charge in [0.1, 0.15) is 6.04 Å². The van der Waals surface area contributed by atoms with E-state index in [0.29, 0.717) is 31.1 Å². The van der Waals surface area contributed by atoms with Gasteiger partial charge in [-0.3, -0.25) is 4.79 Å². The first-order valence-electron chi connectivity index (χ1n) is 8.92. The second-order valence-corrected chi connectivity index (χ2v) is 7.88. The largest absolute Gasteiger partial charge is 0.480 e. The van der Waals surface area contributed by atoms with Crippen molar-refractivity contribution < 1.29 is 19.5 Å². The van der Waals surface area contributed by atoms with Gasteiger partial charge in [-0.1, -0.05) is 6.42 Å². The number of hydrogen-bond acceptors (Lipinski definition) is 5. The number of thioether (sulfide) groups is 1. The van der Waals surface area contributed by atoms with Crippen LogP contribution in [0.3, 0.4) is 0 Å². The summed E-state index contributed by atoms with van der Waals surface area (Å²) in [5.41, 5.74) is 5.40. The third-order valence-corrected chi connectivity index (χ3v) is 6.17. The first kappa shape index (κ1) is 19.8. The van der Waals surface area contributed by atoms with E-state index < -0.39 is 12.0 Å². The topological polar surface area (TPSA) is 134 Å². The third-order valence-electron chi connectivity index (χ3n) is 4.66. The summed E-state index contributed by atoms with van der Waals surface area (Å²) >= 11 is 1.86. The Hall–Kier alpha value is -1.48. The van der Waals surface area contributed by atoms with Gasteiger partial charge in [0, 0.05) is 17.4 Å². The van der Waals surface area contributed by atoms with E-state index in [1.54, 1.807) is 0 Å². The monoisotopic (exact) mass is 372 g/mol. The smallest absolute Gasteiger partial charge is 0.326 e. The Balaban J connectivity index is 1.61. The number of carbonyl (C=O) groups is 3. The first-order chi connectivity index (χ1) is 12.0. The Bertz CT molecular complexity index is 491. The van der Waals surface area contributed by atoms with Crippen LogP contribution in [-0.2, 0) is 9.59 Å². The van der Waals surface area contributed by atoms with Crippen molar-refractivity contribution in [3.05, 3.63) is 0 Å². The fourth-order valence-corrected chi connectivity index (χ4v) is 4.83. The van der Waals surface area contributed by atoms with Gasteiger partial charge in [-0.2, -0.15) is 11.8 Å². The molecule has 3 amide bonds. The van der Waals surface area contributed by atoms with Gasteiger partial charge >= 0.3 is 12.0 Å². The highest BCUT2D eigenvalue weighted by Gasteiger charge is 2.42. The van der Waals surface area contributed by atoms with Crippen molar-refractivity contribution in [2.24, 2.45) is 5.73 Å². The van der Waals surface area contributed by atoms with Gasteiger partial charge in [-0.25, -0.2) is 9.59 Å². The lowest BCUT2D eigenvalue weighted by Gasteiger charge is -2.17. The Morgan fingerprint density at radius 3 is 2.80 bits per heavy atom. The second kappa shape index (κ2) is 9.86. The fraction of sp³-hybridized carbons (Fsp3) is 0.812. The second-order valence-electron chi connectivity index (χ2n) is 6.61. The van der Waals surface area contributed by atoms with E-state index in [1.165, 1.54) is 0 Å². The molecule has 8 nitrogen and oxygen atoms in total. The van der Waals surface area contributed by atoms with Gasteiger partial charge < -0.3 is 26.8 Å². The van der Waals surface area contributed by atoms with Crippen molar-refractivity contribution in [1.82, 2.24) is 16.0 Å². The van der Waals surface area contributed by atoms with Crippen LogP contribution in [0.5, 0.6) is 0 Å². The molecular weight excluding hydrogens is 344 g/mol. The van der Waals surface area contributed by atoms with Crippen molar-refractivity contribution in [1.29, 1.82) is 0 Å². The molecule has 0 aromatic carbocycles. The van der Waals surface area contributed by atoms with Crippen LogP contribution >= 0.6 is 11.8 Å². The molecule has 142 valence electrons. The van der Waals surface area contributed by atoms with Crippen LogP contribution < -0.4 is 21.7 Å². The van der Waals surface area contributed by atoms with Crippen LogP contribution in [0, 0.1) is 0 Å². The van der Waals surface area contributed by atoms with Crippen molar-refractivity contribution in [3.8, 4) is 0 Å². The van der Waals surface area contributed by atoms with Crippen molar-refractivity contribution in [3.63, 3.8) is 0 Å². The summed E-state index contributed by atoms with van der Waals surface area (Å²) in [6, 6.07) is -0.514. The molecule has 0 aliphatic carbocycles. The highest BCUT2D eigenvalue weighted by Crippen LogP contribution is 2.33. The molecule has 2 aliphatic heterocycles. The fourth-order valence-electron chi connectivity index (χ4n) is 3.29. The normalized spacial score (nSPS) is 25.8. The van der Waals surface area contributed by atoms with E-state index in [0.717, 1.165) is 31.4 Å². The molecule has 0 radical (unpaired) electrons. The Morgan fingerprint density at radius 2 is 2.08 bits per heavy atom. The Morgan fingerprint density at radius 1 is 1.28 bits per heavy atom. The first-order valence-corrected chi connectivity index (χ1v) is 9.97. The number of rotatable bonds is 11. The minimum Gasteiger partial charge on any atom is -0.480 e. The van der Waals surface area contributed by atoms with E-state index in [1.807, 2.05) is 11.8 Å². The summed E-state index contributed by atoms with van der Waals surface area (Å²) in [6.45, 7) is 0.525. The third kappa shape index (κ3) is 6.07. The summed E-state index contributed by atoms with van der Waals surface area (Å²) in [5.74, 6) is -0.284. The molecule has 2 aliphatic rings. The van der Waals surface area contributed by atoms with Gasteiger partial charge in [-0.05, 0) is 38.6 Å². The molecule has 0 spiro atoms. The summed E-state index contributed by atoms with van der Waals surface area (Å²) in [4.78, 5) is 34.5. The average Bonchev–Trinajstić information content (AvgIpc) is 3.10. The van der Waals surface area contributed by atoms with E-state index in [2.05, 4.69) is 16.0 Å². The number of carboxylic acid groups (broad SMARTS) is 1. The van der Waals surface area contributed by atoms with Crippen LogP contribution in [0.15, 0.2) is 0 Å². The van der Waals surface area contributed by atoms with E-state index in [-0.39, 0.29) is 24.0 Å². The summed E-state index contributed by atoms with van der Waals surface area (Å²) in [6.07, 6.45) is 4.73. The lowest BCUT2D eigenvalue weighted by molar-refractivity contribution is -0.142. The highest BCUT2D eigenvalue weighted by molar-refractivity contribution is 8.00. The maximum Gasteiger partial charge on any atom is 0.326 e. The summed E-state index contributed by atoms with van der Waals surface area (Å²) in [5, 5.41) is 18.0. The zero-order chi connectivity index (χ0) is 18.2. The molecule has 0 bridgehead atoms. The number of urea groups is 1. The predicted octanol–water partition coefficient (Wildman–Crippen LogP) is 0.411. The Kier molecular flexibility index (Phi) is 7.83. The van der Waals surface area contributed by atoms with Crippen molar-refractivity contribution in [2.75, 3.05) is 12.3 Å². The molecular formula is C16H28N4O4S. The highest BCUT2D eigenvalue weighted by atomic mass is 32.2. The van der Waals surface area contributed by atoms with E-state index in [9.17, 15) is 14.4 Å². The van der Waals surface area contributed by atoms with Gasteiger partial charge in [0.05, 0.1) is 12.1 Å². The molecule has 2 saturated heterocycles. The molecule has 25 heavy (non-hydrogen) atoms. The van der Waals surface area contributed by atoms with Crippen LogP contribution in [0.2, 0.25) is 0 Å². The van der Waals surface area contributed by atoms with E-state index >= 15 is 0 Å². The maximum atomic E-state index is 11.9. The van der Waals surface area contributed by atoms with Gasteiger partial charge in [0.2, 0.25) is 5.91 Å². The van der Waals surface area contributed by atoms with Crippen LogP contribution in [0.25, 0.3) is 0 Å². The number of nitrogens with two attached hydrogens (primary N) is 1. The number of hydrogen-bond donors (Lipinski definition) is 5. The van der Waals surface area contributed by atoms with E-state index in [4.69, 9.17) is 10.8 Å². The van der Waals surface area contributed by atoms with Gasteiger partial charge in [0.25, 0.3) is 0 Å². The van der Waals surface area contributed by atoms with Gasteiger partial charge in [0.15, 0.2) is 0 Å². The van der Waals surface area contributed by atoms with Crippen LogP contribution in [-0.4, -0.2) is 58.7 Å². The van der Waals surface area contributed by atoms with Crippen molar-refractivity contribution in [2.45, 2.75) is 68.3 Å². The van der Waals surface area contributed by atoms with Crippen molar-refractivity contribution >= 4 is 29.7 Å². The quantitative estimate of drug-likeness (QED) is 0.263. The molecule has 4 unspecified atom stereocenters. The molecule has 0 saturated carbocycles. The molecule has 2 heterocycles. The van der Waals surface area contributed by atoms with Gasteiger partial charge in [-0.15, -0.1) is 0 Å². The standard InChI is InChI=1S/C16H28N4O4S/c17-8-4-3-5-10(15(22)23)18-13(21)7-2-1-6-12-14-11(9-25-12)19-16(24)20-14/h10-12,14H,1-9,17H2,(H,18,21)(H,22,23)(H2,19,20,24). The lowest BCUT2D eigenvalue weighted by Crippen LogP contribution is -2.40. The predicted molar refractivity (Wildman–Crippen MR) is 96.4 cm³/mol. The number of carbonyl (C=O) groups excluding carboxylic acids is 2. The number of unbranched alkanes of at least 4 members (excludes halogenated alkanes) is 2. The molecule has 2 rings (SSSR count). The number of fused-ring (bicyclic) bond motifs is 1. The SMILES string of the molecule is NCCCCC(NC(=O)CCCCC1SCC2NC(=O)NC21)C(=O)O. The zero-order valence-corrected chi connectivity index (χ0v) is 15.1. The van der Waals surface area contributed by atoms with Crippen LogP contribution in [0.1, 0.15) is 44.9 Å².